The summed E-state index contributed by atoms with van der Waals surface area (Å²) in [6.07, 6.45) is 0. The maximum atomic E-state index is 11.1. The molecule has 0 aromatic heterocycles. The third-order valence-electron chi connectivity index (χ3n) is 1.88. The molecule has 15 heavy (non-hydrogen) atoms. The second-order valence-electron chi connectivity index (χ2n) is 2.95. The molecule has 0 bridgehead atoms. The number of hydrogen-bond acceptors (Lipinski definition) is 4. The number of primary sulfonamides is 1. The van der Waals surface area contributed by atoms with Crippen molar-refractivity contribution in [3.63, 3.8) is 0 Å². The van der Waals surface area contributed by atoms with Crippen molar-refractivity contribution in [3.8, 4) is 5.75 Å². The Balaban J connectivity index is 3.22. The molecule has 1 rings (SSSR count). The van der Waals surface area contributed by atoms with Gasteiger partial charge in [-0.15, -0.1) is 0 Å². The molecule has 0 unspecified atom stereocenters. The lowest BCUT2D eigenvalue weighted by atomic mass is 10.2. The van der Waals surface area contributed by atoms with Gasteiger partial charge in [0.1, 0.15) is 5.75 Å². The number of rotatable bonds is 4. The van der Waals surface area contributed by atoms with Crippen molar-refractivity contribution in [2.24, 2.45) is 5.14 Å². The molecule has 0 spiro atoms. The van der Waals surface area contributed by atoms with E-state index in [-0.39, 0.29) is 11.5 Å². The van der Waals surface area contributed by atoms with E-state index in [1.165, 1.54) is 26.4 Å². The van der Waals surface area contributed by atoms with E-state index in [0.29, 0.717) is 11.3 Å². The number of methoxy groups -OCH3 is 2. The smallest absolute Gasteiger partial charge is 0.238 e. The number of benzene rings is 1. The molecule has 1 aromatic carbocycles. The van der Waals surface area contributed by atoms with Gasteiger partial charge in [0, 0.05) is 12.7 Å². The summed E-state index contributed by atoms with van der Waals surface area (Å²) in [5.74, 6) is 0.573. The molecular weight excluding hydrogens is 218 g/mol. The summed E-state index contributed by atoms with van der Waals surface area (Å²) in [7, 11) is -0.658. The lowest BCUT2D eigenvalue weighted by Crippen LogP contribution is -2.12. The molecule has 84 valence electrons. The zero-order chi connectivity index (χ0) is 11.5. The van der Waals surface area contributed by atoms with Crippen LogP contribution in [0, 0.1) is 0 Å². The molecule has 5 nitrogen and oxygen atoms in total. The van der Waals surface area contributed by atoms with Crippen molar-refractivity contribution >= 4 is 10.0 Å². The summed E-state index contributed by atoms with van der Waals surface area (Å²) < 4.78 is 32.1. The summed E-state index contributed by atoms with van der Waals surface area (Å²) in [6, 6.07) is 4.39. The van der Waals surface area contributed by atoms with Crippen LogP contribution in [0.4, 0.5) is 0 Å². The van der Waals surface area contributed by atoms with E-state index < -0.39 is 10.0 Å². The second-order valence-corrected chi connectivity index (χ2v) is 4.51. The normalized spacial score (nSPS) is 11.4. The van der Waals surface area contributed by atoms with Crippen LogP contribution in [0.2, 0.25) is 0 Å². The predicted octanol–water partition coefficient (Wildman–Crippen LogP) is 0.489. The summed E-state index contributed by atoms with van der Waals surface area (Å²) in [5, 5.41) is 5.00. The zero-order valence-electron chi connectivity index (χ0n) is 8.56. The Morgan fingerprint density at radius 1 is 1.33 bits per heavy atom. The third-order valence-corrected chi connectivity index (χ3v) is 2.79. The van der Waals surface area contributed by atoms with Gasteiger partial charge in [0.15, 0.2) is 0 Å². The van der Waals surface area contributed by atoms with Crippen LogP contribution in [0.5, 0.6) is 5.75 Å². The Morgan fingerprint density at radius 3 is 2.47 bits per heavy atom. The van der Waals surface area contributed by atoms with Gasteiger partial charge in [-0.1, -0.05) is 0 Å². The van der Waals surface area contributed by atoms with Crippen LogP contribution in [0.3, 0.4) is 0 Å². The number of hydrogen-bond donors (Lipinski definition) is 1. The molecule has 0 aliphatic carbocycles. The molecule has 2 N–H and O–H groups in total. The van der Waals surface area contributed by atoms with Gasteiger partial charge in [-0.05, 0) is 18.2 Å². The topological polar surface area (TPSA) is 78.6 Å². The van der Waals surface area contributed by atoms with Crippen molar-refractivity contribution in [1.82, 2.24) is 0 Å². The molecule has 1 aromatic rings. The average molecular weight is 231 g/mol. The first-order chi connectivity index (χ1) is 6.99. The maximum absolute atomic E-state index is 11.1. The monoisotopic (exact) mass is 231 g/mol. The van der Waals surface area contributed by atoms with E-state index in [1.807, 2.05) is 0 Å². The third kappa shape index (κ3) is 2.92. The molecule has 0 heterocycles. The number of sulfonamides is 1. The van der Waals surface area contributed by atoms with Gasteiger partial charge in [0.05, 0.1) is 18.6 Å². The molecule has 0 aliphatic heterocycles. The largest absolute Gasteiger partial charge is 0.496 e. The molecule has 0 radical (unpaired) electrons. The van der Waals surface area contributed by atoms with Crippen molar-refractivity contribution in [3.05, 3.63) is 23.8 Å². The van der Waals surface area contributed by atoms with E-state index in [1.54, 1.807) is 6.07 Å². The van der Waals surface area contributed by atoms with Gasteiger partial charge in [0.2, 0.25) is 10.0 Å². The fourth-order valence-corrected chi connectivity index (χ4v) is 1.76. The Morgan fingerprint density at radius 2 is 2.00 bits per heavy atom. The van der Waals surface area contributed by atoms with Gasteiger partial charge in [-0.25, -0.2) is 13.6 Å². The van der Waals surface area contributed by atoms with Crippen molar-refractivity contribution in [1.29, 1.82) is 0 Å². The second kappa shape index (κ2) is 4.61. The Hall–Kier alpha value is -1.11. The summed E-state index contributed by atoms with van der Waals surface area (Å²) >= 11 is 0. The van der Waals surface area contributed by atoms with Crippen molar-refractivity contribution in [2.45, 2.75) is 11.5 Å². The highest BCUT2D eigenvalue weighted by atomic mass is 32.2. The first-order valence-corrected chi connectivity index (χ1v) is 5.72. The van der Waals surface area contributed by atoms with Gasteiger partial charge in [-0.3, -0.25) is 0 Å². The Kier molecular flexibility index (Phi) is 3.67. The van der Waals surface area contributed by atoms with Gasteiger partial charge in [0.25, 0.3) is 0 Å². The summed E-state index contributed by atoms with van der Waals surface area (Å²) in [6.45, 7) is 0.270. The number of nitrogens with two attached hydrogens (primary N) is 1. The van der Waals surface area contributed by atoms with Crippen LogP contribution in [-0.2, 0) is 21.4 Å². The highest BCUT2D eigenvalue weighted by Gasteiger charge is 2.11. The van der Waals surface area contributed by atoms with E-state index in [0.717, 1.165) is 0 Å². The Bertz CT molecular complexity index is 441. The SMILES string of the molecule is COCc1cc(S(N)(=O)=O)ccc1OC. The van der Waals surface area contributed by atoms with Crippen LogP contribution >= 0.6 is 0 Å². The van der Waals surface area contributed by atoms with Crippen LogP contribution < -0.4 is 9.88 Å². The fourth-order valence-electron chi connectivity index (χ4n) is 1.20. The van der Waals surface area contributed by atoms with Gasteiger partial charge >= 0.3 is 0 Å². The van der Waals surface area contributed by atoms with E-state index in [9.17, 15) is 8.42 Å². The lowest BCUT2D eigenvalue weighted by Gasteiger charge is -2.08. The Labute approximate surface area is 88.9 Å². The van der Waals surface area contributed by atoms with E-state index in [2.05, 4.69) is 0 Å². The van der Waals surface area contributed by atoms with Gasteiger partial charge in [-0.2, -0.15) is 0 Å². The van der Waals surface area contributed by atoms with Gasteiger partial charge < -0.3 is 9.47 Å². The lowest BCUT2D eigenvalue weighted by molar-refractivity contribution is 0.181. The average Bonchev–Trinajstić information content (AvgIpc) is 2.17. The molecule has 0 fully saturated rings. The molecule has 6 heteroatoms. The molecule has 0 atom stereocenters. The molecule has 0 saturated carbocycles. The predicted molar refractivity (Wildman–Crippen MR) is 55.1 cm³/mol. The molecule has 0 amide bonds. The first kappa shape index (κ1) is 12.0. The van der Waals surface area contributed by atoms with Crippen LogP contribution in [-0.4, -0.2) is 22.6 Å². The minimum atomic E-state index is -3.68. The highest BCUT2D eigenvalue weighted by molar-refractivity contribution is 7.89. The summed E-state index contributed by atoms with van der Waals surface area (Å²) in [4.78, 5) is 0.0513. The minimum Gasteiger partial charge on any atom is -0.496 e. The standard InChI is InChI=1S/C9H13NO4S/c1-13-6-7-5-8(15(10,11)12)3-4-9(7)14-2/h3-5H,6H2,1-2H3,(H2,10,11,12). The fraction of sp³-hybridized carbons (Fsp3) is 0.333. The highest BCUT2D eigenvalue weighted by Crippen LogP contribution is 2.22. The first-order valence-electron chi connectivity index (χ1n) is 4.17. The van der Waals surface area contributed by atoms with Crippen molar-refractivity contribution in [2.75, 3.05) is 14.2 Å². The minimum absolute atomic E-state index is 0.0513. The zero-order valence-corrected chi connectivity index (χ0v) is 9.37. The van der Waals surface area contributed by atoms with E-state index in [4.69, 9.17) is 14.6 Å². The maximum Gasteiger partial charge on any atom is 0.238 e. The summed E-state index contributed by atoms with van der Waals surface area (Å²) in [5.41, 5.74) is 0.645. The molecule has 0 saturated heterocycles. The molecular formula is C9H13NO4S. The van der Waals surface area contributed by atoms with E-state index >= 15 is 0 Å². The molecule has 0 aliphatic rings. The quantitative estimate of drug-likeness (QED) is 0.817. The van der Waals surface area contributed by atoms with Crippen LogP contribution in [0.1, 0.15) is 5.56 Å². The number of ether oxygens (including phenoxy) is 2. The van der Waals surface area contributed by atoms with Crippen LogP contribution in [0.15, 0.2) is 23.1 Å². The van der Waals surface area contributed by atoms with Crippen molar-refractivity contribution < 1.29 is 17.9 Å². The van der Waals surface area contributed by atoms with Crippen LogP contribution in [0.25, 0.3) is 0 Å².